The number of nitrogens with zero attached hydrogens (tertiary/aromatic N) is 2. The van der Waals surface area contributed by atoms with Gasteiger partial charge in [-0.3, -0.25) is 0 Å². The van der Waals surface area contributed by atoms with Gasteiger partial charge in [-0.2, -0.15) is 0 Å². The van der Waals surface area contributed by atoms with Crippen molar-refractivity contribution in [2.75, 3.05) is 6.54 Å². The number of fused-ring (bicyclic) bond motifs is 1. The van der Waals surface area contributed by atoms with E-state index in [2.05, 4.69) is 14.9 Å². The van der Waals surface area contributed by atoms with Crippen molar-refractivity contribution in [2.24, 2.45) is 5.92 Å². The zero-order chi connectivity index (χ0) is 13.9. The van der Waals surface area contributed by atoms with Gasteiger partial charge < -0.3 is 9.88 Å². The third-order valence-electron chi connectivity index (χ3n) is 3.78. The van der Waals surface area contributed by atoms with Crippen LogP contribution >= 0.6 is 11.6 Å². The van der Waals surface area contributed by atoms with Gasteiger partial charge in [0.1, 0.15) is 11.6 Å². The normalized spacial score (nSPS) is 18.0. The number of hydrogen-bond donors (Lipinski definition) is 1. The molecule has 106 valence electrons. The van der Waals surface area contributed by atoms with Crippen LogP contribution < -0.4 is 5.32 Å². The van der Waals surface area contributed by atoms with E-state index in [0.717, 1.165) is 31.5 Å². The number of hydrogen-bond acceptors (Lipinski definition) is 2. The monoisotopic (exact) mass is 293 g/mol. The molecule has 0 fully saturated rings. The van der Waals surface area contributed by atoms with Crippen molar-refractivity contribution in [1.29, 1.82) is 0 Å². The van der Waals surface area contributed by atoms with Crippen LogP contribution in [0.25, 0.3) is 0 Å². The van der Waals surface area contributed by atoms with Crippen molar-refractivity contribution >= 4 is 11.6 Å². The molecule has 1 N–H and O–H groups in total. The lowest BCUT2D eigenvalue weighted by Crippen LogP contribution is -2.29. The molecule has 1 aromatic carbocycles. The van der Waals surface area contributed by atoms with E-state index in [1.807, 2.05) is 18.5 Å². The minimum absolute atomic E-state index is 0.175. The number of nitrogens with one attached hydrogen (secondary N) is 1. The molecule has 1 aromatic heterocycles. The molecular weight excluding hydrogens is 277 g/mol. The Morgan fingerprint density at radius 3 is 3.20 bits per heavy atom. The van der Waals surface area contributed by atoms with Gasteiger partial charge in [-0.25, -0.2) is 9.37 Å². The SMILES string of the molecule is Fc1cc(CNC[C@H]2CCc3nccn3C2)ccc1Cl. The molecule has 1 aliphatic rings. The molecule has 0 saturated heterocycles. The fraction of sp³-hybridized carbons (Fsp3) is 0.400. The van der Waals surface area contributed by atoms with Gasteiger partial charge in [0.05, 0.1) is 5.02 Å². The standard InChI is InChI=1S/C15H17ClFN3/c16-13-3-1-11(7-14(13)17)8-18-9-12-2-4-15-19-5-6-20(15)10-12/h1,3,5-7,12,18H,2,4,8-10H2/t12-/m1/s1. The van der Waals surface area contributed by atoms with Gasteiger partial charge in [0.25, 0.3) is 0 Å². The van der Waals surface area contributed by atoms with Gasteiger partial charge >= 0.3 is 0 Å². The summed E-state index contributed by atoms with van der Waals surface area (Å²) in [5.74, 6) is 1.43. The highest BCUT2D eigenvalue weighted by atomic mass is 35.5. The van der Waals surface area contributed by atoms with E-state index < -0.39 is 0 Å². The number of halogens is 2. The summed E-state index contributed by atoms with van der Waals surface area (Å²) in [5, 5.41) is 3.57. The quantitative estimate of drug-likeness (QED) is 0.939. The van der Waals surface area contributed by atoms with Crippen LogP contribution in [-0.2, 0) is 19.5 Å². The summed E-state index contributed by atoms with van der Waals surface area (Å²) in [5.41, 5.74) is 0.922. The molecule has 1 aliphatic heterocycles. The van der Waals surface area contributed by atoms with Crippen LogP contribution in [-0.4, -0.2) is 16.1 Å². The lowest BCUT2D eigenvalue weighted by Gasteiger charge is -2.24. The second kappa shape index (κ2) is 5.94. The van der Waals surface area contributed by atoms with E-state index in [9.17, 15) is 4.39 Å². The van der Waals surface area contributed by atoms with Crippen LogP contribution in [0.15, 0.2) is 30.6 Å². The predicted octanol–water partition coefficient (Wildman–Crippen LogP) is 3.03. The maximum atomic E-state index is 13.3. The Hall–Kier alpha value is -1.39. The number of imidazole rings is 1. The fourth-order valence-corrected chi connectivity index (χ4v) is 2.79. The average molecular weight is 294 g/mol. The van der Waals surface area contributed by atoms with Crippen LogP contribution in [0.3, 0.4) is 0 Å². The van der Waals surface area contributed by atoms with Gasteiger partial charge in [-0.1, -0.05) is 17.7 Å². The molecule has 20 heavy (non-hydrogen) atoms. The first-order chi connectivity index (χ1) is 9.72. The van der Waals surface area contributed by atoms with Crippen molar-refractivity contribution < 1.29 is 4.39 Å². The minimum Gasteiger partial charge on any atom is -0.335 e. The maximum absolute atomic E-state index is 13.3. The summed E-state index contributed by atoms with van der Waals surface area (Å²) in [6.07, 6.45) is 6.09. The minimum atomic E-state index is -0.355. The number of rotatable bonds is 4. The molecule has 1 atom stereocenters. The van der Waals surface area contributed by atoms with Crippen molar-refractivity contribution in [1.82, 2.24) is 14.9 Å². The van der Waals surface area contributed by atoms with E-state index in [4.69, 9.17) is 11.6 Å². The van der Waals surface area contributed by atoms with Crippen LogP contribution in [0.1, 0.15) is 17.8 Å². The Morgan fingerprint density at radius 1 is 1.45 bits per heavy atom. The first kappa shape index (κ1) is 13.6. The lowest BCUT2D eigenvalue weighted by atomic mass is 9.99. The van der Waals surface area contributed by atoms with Gasteiger partial charge in [0.2, 0.25) is 0 Å². The smallest absolute Gasteiger partial charge is 0.142 e. The fourth-order valence-electron chi connectivity index (χ4n) is 2.67. The molecule has 5 heteroatoms. The van der Waals surface area contributed by atoms with E-state index in [-0.39, 0.29) is 10.8 Å². The first-order valence-electron chi connectivity index (χ1n) is 6.87. The van der Waals surface area contributed by atoms with Crippen molar-refractivity contribution in [2.45, 2.75) is 25.9 Å². The van der Waals surface area contributed by atoms with Gasteiger partial charge in [0, 0.05) is 31.9 Å². The zero-order valence-electron chi connectivity index (χ0n) is 11.1. The highest BCUT2D eigenvalue weighted by molar-refractivity contribution is 6.30. The van der Waals surface area contributed by atoms with Crippen LogP contribution in [0, 0.1) is 11.7 Å². The Morgan fingerprint density at radius 2 is 2.35 bits per heavy atom. The summed E-state index contributed by atoms with van der Waals surface area (Å²) in [4.78, 5) is 4.33. The largest absolute Gasteiger partial charge is 0.335 e. The Labute approximate surface area is 122 Å². The molecule has 0 spiro atoms. The van der Waals surface area contributed by atoms with Gasteiger partial charge in [-0.15, -0.1) is 0 Å². The van der Waals surface area contributed by atoms with Crippen LogP contribution in [0.5, 0.6) is 0 Å². The molecule has 3 nitrogen and oxygen atoms in total. The summed E-state index contributed by atoms with van der Waals surface area (Å²) in [6, 6.07) is 4.95. The molecule has 0 amide bonds. The highest BCUT2D eigenvalue weighted by Crippen LogP contribution is 2.18. The summed E-state index contributed by atoms with van der Waals surface area (Å²) >= 11 is 5.67. The second-order valence-electron chi connectivity index (χ2n) is 5.28. The third-order valence-corrected chi connectivity index (χ3v) is 4.09. The van der Waals surface area contributed by atoms with E-state index in [0.29, 0.717) is 12.5 Å². The molecular formula is C15H17ClFN3. The van der Waals surface area contributed by atoms with E-state index in [1.54, 1.807) is 6.07 Å². The Bertz CT molecular complexity index is 597. The highest BCUT2D eigenvalue weighted by Gasteiger charge is 2.18. The second-order valence-corrected chi connectivity index (χ2v) is 5.69. The Balaban J connectivity index is 1.50. The molecule has 0 radical (unpaired) electrons. The molecule has 0 bridgehead atoms. The number of aromatic nitrogens is 2. The van der Waals surface area contributed by atoms with Crippen molar-refractivity contribution in [3.8, 4) is 0 Å². The van der Waals surface area contributed by atoms with Crippen LogP contribution in [0.4, 0.5) is 4.39 Å². The molecule has 3 rings (SSSR count). The molecule has 2 aromatic rings. The van der Waals surface area contributed by atoms with Crippen molar-refractivity contribution in [3.63, 3.8) is 0 Å². The predicted molar refractivity (Wildman–Crippen MR) is 77.2 cm³/mol. The van der Waals surface area contributed by atoms with Gasteiger partial charge in [-0.05, 0) is 36.6 Å². The number of benzene rings is 1. The topological polar surface area (TPSA) is 29.9 Å². The molecule has 0 saturated carbocycles. The molecule has 0 unspecified atom stereocenters. The Kier molecular flexibility index (Phi) is 4.03. The summed E-state index contributed by atoms with van der Waals surface area (Å²) in [6.45, 7) is 2.61. The van der Waals surface area contributed by atoms with Crippen LogP contribution in [0.2, 0.25) is 5.02 Å². The lowest BCUT2D eigenvalue weighted by molar-refractivity contribution is 0.347. The maximum Gasteiger partial charge on any atom is 0.142 e. The molecule has 0 aliphatic carbocycles. The first-order valence-corrected chi connectivity index (χ1v) is 7.25. The summed E-state index contributed by atoms with van der Waals surface area (Å²) < 4.78 is 15.5. The third kappa shape index (κ3) is 3.02. The zero-order valence-corrected chi connectivity index (χ0v) is 11.9. The van der Waals surface area contributed by atoms with Gasteiger partial charge in [0.15, 0.2) is 0 Å². The van der Waals surface area contributed by atoms with E-state index >= 15 is 0 Å². The number of aryl methyl sites for hydroxylation is 1. The molecule has 2 heterocycles. The van der Waals surface area contributed by atoms with Crippen molar-refractivity contribution in [3.05, 3.63) is 52.8 Å². The van der Waals surface area contributed by atoms with E-state index in [1.165, 1.54) is 11.9 Å². The average Bonchev–Trinajstić information content (AvgIpc) is 2.90. The summed E-state index contributed by atoms with van der Waals surface area (Å²) in [7, 11) is 0.